The Labute approximate surface area is 304 Å². The molecule has 0 heterocycles. The quantitative estimate of drug-likeness (QED) is 0.0993. The normalized spacial score (nSPS) is 19.9. The fraction of sp³-hybridized carbons (Fsp3) is 0.150. The molecule has 9 heteroatoms. The zero-order valence-corrected chi connectivity index (χ0v) is 32.1. The number of rotatable bonds is 12. The molecule has 2 nitrogen and oxygen atoms in total. The summed E-state index contributed by atoms with van der Waals surface area (Å²) in [7, 11) is 15.8. The molecule has 0 fully saturated rings. The second-order valence-electron chi connectivity index (χ2n) is 11.6. The van der Waals surface area contributed by atoms with Crippen LogP contribution in [0.5, 0.6) is 0 Å². The first-order chi connectivity index (χ1) is 23.9. The van der Waals surface area contributed by atoms with E-state index in [1.54, 1.807) is 12.1 Å². The molecule has 253 valence electrons. The Kier molecular flexibility index (Phi) is 12.0. The fourth-order valence-electron chi connectivity index (χ4n) is 7.04. The first-order valence-electron chi connectivity index (χ1n) is 15.9. The van der Waals surface area contributed by atoms with Gasteiger partial charge in [-0.3, -0.25) is 0 Å². The summed E-state index contributed by atoms with van der Waals surface area (Å²) in [6, 6.07) is 44.9. The van der Waals surface area contributed by atoms with Crippen molar-refractivity contribution < 1.29 is 22.8 Å². The summed E-state index contributed by atoms with van der Waals surface area (Å²) >= 11 is -3.12. The van der Waals surface area contributed by atoms with E-state index in [1.807, 2.05) is 99.0 Å². The number of hydrogen-bond acceptors (Lipinski definition) is 2. The molecule has 5 aromatic carbocycles. The third-order valence-corrected chi connectivity index (χ3v) is 21.9. The molecule has 0 saturated carbocycles. The maximum absolute atomic E-state index is 18.1. The van der Waals surface area contributed by atoms with E-state index in [0.717, 1.165) is 26.5 Å². The van der Waals surface area contributed by atoms with Crippen LogP contribution in [0.15, 0.2) is 164 Å². The van der Waals surface area contributed by atoms with Crippen LogP contribution in [0, 0.1) is 5.82 Å². The third kappa shape index (κ3) is 6.54. The van der Waals surface area contributed by atoms with Crippen molar-refractivity contribution >= 4 is 61.7 Å². The van der Waals surface area contributed by atoms with Gasteiger partial charge in [0.25, 0.3) is 0 Å². The minimum absolute atomic E-state index is 0.292. The molecule has 0 amide bonds. The molecule has 1 aliphatic carbocycles. The average molecular weight is 818 g/mol. The Balaban J connectivity index is 1.81. The summed E-state index contributed by atoms with van der Waals surface area (Å²) in [4.78, 5) is 0. The van der Waals surface area contributed by atoms with Crippen LogP contribution in [0.1, 0.15) is 5.56 Å². The molecule has 5 aromatic rings. The summed E-state index contributed by atoms with van der Waals surface area (Å²) in [5.41, 5.74) is -1.37. The molecule has 0 bridgehead atoms. The number of allylic oxidation sites excluding steroid dienone is 3. The van der Waals surface area contributed by atoms with E-state index in [-0.39, 0.29) is 0 Å². The Morgan fingerprint density at radius 2 is 1.16 bits per heavy atom. The van der Waals surface area contributed by atoms with Gasteiger partial charge in [0.15, 0.2) is 0 Å². The molecule has 0 aliphatic heterocycles. The summed E-state index contributed by atoms with van der Waals surface area (Å²) in [5, 5.41) is 11.5. The van der Waals surface area contributed by atoms with Crippen molar-refractivity contribution in [2.24, 2.45) is 0 Å². The molecular formula is C40H37Cl2F2N2P2Ru. The van der Waals surface area contributed by atoms with Gasteiger partial charge < -0.3 is 0 Å². The van der Waals surface area contributed by atoms with Crippen molar-refractivity contribution in [2.45, 2.75) is 15.2 Å². The first kappa shape index (κ1) is 36.2. The van der Waals surface area contributed by atoms with Crippen LogP contribution in [0.3, 0.4) is 0 Å². The second kappa shape index (κ2) is 16.2. The van der Waals surface area contributed by atoms with Crippen LogP contribution in [-0.2, 0) is 19.4 Å². The van der Waals surface area contributed by atoms with E-state index in [1.165, 1.54) is 12.1 Å². The van der Waals surface area contributed by atoms with Gasteiger partial charge in [0.05, 0.1) is 0 Å². The molecule has 0 aromatic heterocycles. The van der Waals surface area contributed by atoms with Crippen LogP contribution in [0.2, 0.25) is 0 Å². The van der Waals surface area contributed by atoms with E-state index < -0.39 is 56.7 Å². The molecule has 3 atom stereocenters. The maximum atomic E-state index is 18.1. The fourth-order valence-corrected chi connectivity index (χ4v) is 20.4. The second-order valence-corrected chi connectivity index (χ2v) is 23.1. The third-order valence-electron chi connectivity index (χ3n) is 8.96. The van der Waals surface area contributed by atoms with Crippen LogP contribution >= 0.6 is 35.2 Å². The number of likely N-dealkylation sites (N-methyl/N-ethyl adjacent to an activating group) is 2. The molecule has 49 heavy (non-hydrogen) atoms. The van der Waals surface area contributed by atoms with Gasteiger partial charge >= 0.3 is 306 Å². The molecule has 0 spiro atoms. The molecule has 3 unspecified atom stereocenters. The van der Waals surface area contributed by atoms with E-state index in [2.05, 4.69) is 59.2 Å². The van der Waals surface area contributed by atoms with Crippen molar-refractivity contribution in [2.75, 3.05) is 20.6 Å². The SMILES string of the molecule is CNCC(NC)C1(c2c(F)cccc2P(c2ccccc2)c2ccccc2)C(F)=CC=C[C]1(P(c1ccccc1)c1ccccc1)[Ru]([Cl])[Cl]. The van der Waals surface area contributed by atoms with Gasteiger partial charge in [-0.25, -0.2) is 0 Å². The summed E-state index contributed by atoms with van der Waals surface area (Å²) in [6.07, 6.45) is 5.24. The van der Waals surface area contributed by atoms with E-state index in [0.29, 0.717) is 12.1 Å². The molecule has 0 saturated heterocycles. The van der Waals surface area contributed by atoms with Gasteiger partial charge in [0.2, 0.25) is 0 Å². The molecule has 0 radical (unpaired) electrons. The monoisotopic (exact) mass is 817 g/mol. The number of halogens is 4. The van der Waals surface area contributed by atoms with Gasteiger partial charge in [-0.05, 0) is 0 Å². The standard InChI is InChI=1S/C40H37F2N2P2.2ClH.Ru/c1-43-29-37(44-2)40(36(42)27-16-28-38(40)46(32-21-11-5-12-22-32)33-23-13-6-14-24-33)39-34(41)25-15-26-35(39)45(30-17-7-3-8-18-30)31-19-9-4-10-20-31;;;/h3-28,37,43-44H,29H2,1-2H3;2*1H;/q;;;+2/p-2. The summed E-state index contributed by atoms with van der Waals surface area (Å²) in [6.45, 7) is 0.318. The van der Waals surface area contributed by atoms with E-state index in [4.69, 9.17) is 19.4 Å². The topological polar surface area (TPSA) is 24.1 Å². The molecule has 1 aliphatic rings. The van der Waals surface area contributed by atoms with Gasteiger partial charge in [0, 0.05) is 0 Å². The number of benzene rings is 5. The zero-order valence-electron chi connectivity index (χ0n) is 27.1. The van der Waals surface area contributed by atoms with E-state index >= 15 is 8.78 Å². The van der Waals surface area contributed by atoms with Crippen molar-refractivity contribution in [1.29, 1.82) is 0 Å². The minimum atomic E-state index is -3.12. The summed E-state index contributed by atoms with van der Waals surface area (Å²) < 4.78 is 34.4. The Bertz CT molecular complexity index is 1820. The van der Waals surface area contributed by atoms with Crippen molar-refractivity contribution in [3.63, 3.8) is 0 Å². The van der Waals surface area contributed by atoms with Crippen LogP contribution in [-0.4, -0.2) is 30.4 Å². The average Bonchev–Trinajstić information content (AvgIpc) is 3.13. The Hall–Kier alpha value is -2.58. The van der Waals surface area contributed by atoms with Crippen LogP contribution in [0.25, 0.3) is 0 Å². The van der Waals surface area contributed by atoms with Gasteiger partial charge in [-0.15, -0.1) is 0 Å². The van der Waals surface area contributed by atoms with Gasteiger partial charge in [-0.1, -0.05) is 0 Å². The van der Waals surface area contributed by atoms with Crippen molar-refractivity contribution in [3.05, 3.63) is 175 Å². The molecular weight excluding hydrogens is 780 g/mol. The molecule has 6 rings (SSSR count). The van der Waals surface area contributed by atoms with Gasteiger partial charge in [-0.2, -0.15) is 0 Å². The number of hydrogen-bond donors (Lipinski definition) is 2. The van der Waals surface area contributed by atoms with Crippen LogP contribution in [0.4, 0.5) is 8.78 Å². The predicted molar refractivity (Wildman–Crippen MR) is 205 cm³/mol. The van der Waals surface area contributed by atoms with Crippen LogP contribution < -0.4 is 37.2 Å². The van der Waals surface area contributed by atoms with Gasteiger partial charge in [0.1, 0.15) is 0 Å². The molecule has 2 N–H and O–H groups in total. The first-order valence-corrected chi connectivity index (χ1v) is 23.9. The Morgan fingerprint density at radius 3 is 1.61 bits per heavy atom. The predicted octanol–water partition coefficient (Wildman–Crippen LogP) is 7.81. The summed E-state index contributed by atoms with van der Waals surface area (Å²) in [5.74, 6) is -0.956. The van der Waals surface area contributed by atoms with Crippen molar-refractivity contribution in [1.82, 2.24) is 10.6 Å². The number of nitrogens with one attached hydrogen (secondary N) is 2. The zero-order chi connectivity index (χ0) is 34.4. The Morgan fingerprint density at radius 1 is 0.673 bits per heavy atom. The van der Waals surface area contributed by atoms with Crippen molar-refractivity contribution in [3.8, 4) is 0 Å². The van der Waals surface area contributed by atoms with E-state index in [9.17, 15) is 0 Å².